The molecule has 1 fully saturated rings. The predicted molar refractivity (Wildman–Crippen MR) is 101 cm³/mol. The summed E-state index contributed by atoms with van der Waals surface area (Å²) in [5.74, 6) is 1.91. The van der Waals surface area contributed by atoms with E-state index in [1.54, 1.807) is 0 Å². The molecule has 1 saturated heterocycles. The van der Waals surface area contributed by atoms with Crippen LogP contribution in [-0.2, 0) is 20.0 Å². The minimum atomic E-state index is 0.645. The van der Waals surface area contributed by atoms with E-state index in [2.05, 4.69) is 43.4 Å². The first kappa shape index (κ1) is 17.7. The number of aromatic nitrogens is 4. The van der Waals surface area contributed by atoms with Crippen LogP contribution in [0.4, 0.5) is 5.13 Å². The SMILES string of the molecule is CCNC(=NCc1cnn(C)c1)N1CCN(c2nc(CC)ns2)CC1. The quantitative estimate of drug-likeness (QED) is 0.635. The molecule has 0 radical (unpaired) electrons. The van der Waals surface area contributed by atoms with Crippen molar-refractivity contribution in [3.05, 3.63) is 23.8 Å². The highest BCUT2D eigenvalue weighted by atomic mass is 32.1. The molecule has 0 amide bonds. The van der Waals surface area contributed by atoms with E-state index < -0.39 is 0 Å². The van der Waals surface area contributed by atoms with Gasteiger partial charge in [0.1, 0.15) is 5.82 Å². The van der Waals surface area contributed by atoms with Gasteiger partial charge in [0.2, 0.25) is 5.13 Å². The van der Waals surface area contributed by atoms with E-state index in [0.29, 0.717) is 6.54 Å². The van der Waals surface area contributed by atoms with E-state index in [1.165, 1.54) is 11.5 Å². The van der Waals surface area contributed by atoms with E-state index in [0.717, 1.165) is 61.6 Å². The van der Waals surface area contributed by atoms with Gasteiger partial charge in [0.05, 0.1) is 12.7 Å². The summed E-state index contributed by atoms with van der Waals surface area (Å²) < 4.78 is 6.20. The van der Waals surface area contributed by atoms with Gasteiger partial charge >= 0.3 is 0 Å². The first-order chi connectivity index (χ1) is 12.2. The van der Waals surface area contributed by atoms with Gasteiger partial charge in [-0.2, -0.15) is 9.47 Å². The fourth-order valence-corrected chi connectivity index (χ4v) is 3.57. The lowest BCUT2D eigenvalue weighted by Gasteiger charge is -2.36. The van der Waals surface area contributed by atoms with Crippen molar-refractivity contribution in [2.24, 2.45) is 12.0 Å². The van der Waals surface area contributed by atoms with Crippen molar-refractivity contribution < 1.29 is 0 Å². The zero-order valence-corrected chi connectivity index (χ0v) is 16.0. The van der Waals surface area contributed by atoms with Crippen LogP contribution in [0.25, 0.3) is 0 Å². The predicted octanol–water partition coefficient (Wildman–Crippen LogP) is 1.12. The lowest BCUT2D eigenvalue weighted by Crippen LogP contribution is -2.52. The Hall–Kier alpha value is -2.16. The van der Waals surface area contributed by atoms with E-state index in [9.17, 15) is 0 Å². The van der Waals surface area contributed by atoms with Crippen LogP contribution < -0.4 is 10.2 Å². The van der Waals surface area contributed by atoms with Crippen molar-refractivity contribution >= 4 is 22.6 Å². The second-order valence-corrected chi connectivity index (χ2v) is 6.74. The molecule has 136 valence electrons. The molecule has 3 rings (SSSR count). The van der Waals surface area contributed by atoms with Crippen LogP contribution in [0.2, 0.25) is 0 Å². The zero-order chi connectivity index (χ0) is 17.6. The maximum atomic E-state index is 4.77. The van der Waals surface area contributed by atoms with Gasteiger partial charge in [0.25, 0.3) is 0 Å². The Morgan fingerprint density at radius 2 is 2.08 bits per heavy atom. The molecular weight excluding hydrogens is 336 g/mol. The Labute approximate surface area is 152 Å². The number of guanidine groups is 1. The highest BCUT2D eigenvalue weighted by molar-refractivity contribution is 7.09. The van der Waals surface area contributed by atoms with Gasteiger partial charge in [-0.1, -0.05) is 6.92 Å². The highest BCUT2D eigenvalue weighted by Gasteiger charge is 2.22. The van der Waals surface area contributed by atoms with Crippen LogP contribution in [0.3, 0.4) is 0 Å². The Morgan fingerprint density at radius 3 is 2.68 bits per heavy atom. The lowest BCUT2D eigenvalue weighted by atomic mass is 10.3. The van der Waals surface area contributed by atoms with Gasteiger partial charge in [-0.3, -0.25) is 4.68 Å². The molecule has 8 nitrogen and oxygen atoms in total. The molecule has 0 spiro atoms. The standard InChI is InChI=1S/C16H26N8S/c1-4-14-20-16(25-21-14)24-8-6-23(7-9-24)15(17-5-2)18-10-13-11-19-22(3)12-13/h11-12H,4-10H2,1-3H3,(H,17,18). The maximum absolute atomic E-state index is 4.77. The summed E-state index contributed by atoms with van der Waals surface area (Å²) in [7, 11) is 1.93. The van der Waals surface area contributed by atoms with Crippen molar-refractivity contribution in [1.82, 2.24) is 29.4 Å². The minimum absolute atomic E-state index is 0.645. The molecule has 2 aromatic rings. The van der Waals surface area contributed by atoms with E-state index in [4.69, 9.17) is 4.99 Å². The average Bonchev–Trinajstić information content (AvgIpc) is 3.27. The number of anilines is 1. The maximum Gasteiger partial charge on any atom is 0.205 e. The van der Waals surface area contributed by atoms with Crippen LogP contribution in [0, 0.1) is 0 Å². The van der Waals surface area contributed by atoms with Crippen LogP contribution in [0.1, 0.15) is 25.2 Å². The number of nitrogens with zero attached hydrogens (tertiary/aromatic N) is 7. The molecule has 2 aromatic heterocycles. The normalized spacial score (nSPS) is 15.7. The Morgan fingerprint density at radius 1 is 1.28 bits per heavy atom. The number of piperazine rings is 1. The fourth-order valence-electron chi connectivity index (χ4n) is 2.77. The molecule has 1 N–H and O–H groups in total. The van der Waals surface area contributed by atoms with Crippen molar-refractivity contribution in [3.63, 3.8) is 0 Å². The number of aliphatic imine (C=N–C) groups is 1. The Kier molecular flexibility index (Phi) is 5.85. The van der Waals surface area contributed by atoms with Gasteiger partial charge in [0, 0.05) is 69.5 Å². The third kappa shape index (κ3) is 4.47. The second-order valence-electron chi connectivity index (χ2n) is 6.01. The largest absolute Gasteiger partial charge is 0.357 e. The van der Waals surface area contributed by atoms with Gasteiger partial charge < -0.3 is 15.1 Å². The number of hydrogen-bond donors (Lipinski definition) is 1. The Balaban J connectivity index is 1.59. The van der Waals surface area contributed by atoms with E-state index in [-0.39, 0.29) is 0 Å². The van der Waals surface area contributed by atoms with Gasteiger partial charge in [-0.25, -0.2) is 9.98 Å². The topological polar surface area (TPSA) is 74.5 Å². The summed E-state index contributed by atoms with van der Waals surface area (Å²) in [5, 5.41) is 8.64. The van der Waals surface area contributed by atoms with Crippen molar-refractivity contribution in [3.8, 4) is 0 Å². The molecule has 0 saturated carbocycles. The smallest absolute Gasteiger partial charge is 0.205 e. The van der Waals surface area contributed by atoms with Crippen LogP contribution >= 0.6 is 11.5 Å². The molecule has 9 heteroatoms. The molecule has 0 atom stereocenters. The monoisotopic (exact) mass is 362 g/mol. The third-order valence-electron chi connectivity index (χ3n) is 4.13. The molecule has 3 heterocycles. The Bertz CT molecular complexity index is 699. The minimum Gasteiger partial charge on any atom is -0.357 e. The first-order valence-corrected chi connectivity index (χ1v) is 9.55. The summed E-state index contributed by atoms with van der Waals surface area (Å²) in [6.07, 6.45) is 4.76. The molecule has 0 unspecified atom stereocenters. The number of aryl methyl sites for hydroxylation is 2. The third-order valence-corrected chi connectivity index (χ3v) is 4.94. The summed E-state index contributed by atoms with van der Waals surface area (Å²) in [5.41, 5.74) is 1.12. The van der Waals surface area contributed by atoms with Gasteiger partial charge in [0.15, 0.2) is 5.96 Å². The van der Waals surface area contributed by atoms with E-state index in [1.807, 2.05) is 24.1 Å². The molecular formula is C16H26N8S. The van der Waals surface area contributed by atoms with Crippen LogP contribution in [0.15, 0.2) is 17.4 Å². The summed E-state index contributed by atoms with van der Waals surface area (Å²) in [6, 6.07) is 0. The zero-order valence-electron chi connectivity index (χ0n) is 15.1. The first-order valence-electron chi connectivity index (χ1n) is 8.78. The lowest BCUT2D eigenvalue weighted by molar-refractivity contribution is 0.372. The van der Waals surface area contributed by atoms with Crippen molar-refractivity contribution in [1.29, 1.82) is 0 Å². The van der Waals surface area contributed by atoms with Crippen LogP contribution in [0.5, 0.6) is 0 Å². The average molecular weight is 363 g/mol. The van der Waals surface area contributed by atoms with Crippen molar-refractivity contribution in [2.45, 2.75) is 26.8 Å². The van der Waals surface area contributed by atoms with Crippen LogP contribution in [-0.4, -0.2) is 62.7 Å². The van der Waals surface area contributed by atoms with E-state index >= 15 is 0 Å². The molecule has 0 aliphatic carbocycles. The van der Waals surface area contributed by atoms with Gasteiger partial charge in [-0.15, -0.1) is 0 Å². The van der Waals surface area contributed by atoms with Gasteiger partial charge in [-0.05, 0) is 6.92 Å². The molecule has 1 aliphatic rings. The number of nitrogens with one attached hydrogen (secondary N) is 1. The highest BCUT2D eigenvalue weighted by Crippen LogP contribution is 2.19. The summed E-state index contributed by atoms with van der Waals surface area (Å²) in [4.78, 5) is 14.0. The second kappa shape index (κ2) is 8.28. The fraction of sp³-hybridized carbons (Fsp3) is 0.625. The van der Waals surface area contributed by atoms with Crippen molar-refractivity contribution in [2.75, 3.05) is 37.6 Å². The number of hydrogen-bond acceptors (Lipinski definition) is 6. The summed E-state index contributed by atoms with van der Waals surface area (Å²) >= 11 is 1.50. The molecule has 25 heavy (non-hydrogen) atoms. The molecule has 0 bridgehead atoms. The molecule has 1 aliphatic heterocycles. The summed E-state index contributed by atoms with van der Waals surface area (Å²) in [6.45, 7) is 9.44. The molecule has 0 aromatic carbocycles. The number of rotatable bonds is 5.